The monoisotopic (exact) mass is 381 g/mol. The van der Waals surface area contributed by atoms with Gasteiger partial charge in [-0.1, -0.05) is 29.8 Å². The molecule has 138 valence electrons. The van der Waals surface area contributed by atoms with E-state index in [9.17, 15) is 18.4 Å². The lowest BCUT2D eigenvalue weighted by Crippen LogP contribution is -2.32. The van der Waals surface area contributed by atoms with Crippen LogP contribution in [-0.4, -0.2) is 18.0 Å². The molecule has 1 N–H and O–H groups in total. The first-order valence-electron chi connectivity index (χ1n) is 7.97. The molecule has 0 spiro atoms. The predicted octanol–water partition coefficient (Wildman–Crippen LogP) is 4.43. The van der Waals surface area contributed by atoms with Crippen LogP contribution in [0.25, 0.3) is 0 Å². The fraction of sp³-hybridized carbons (Fsp3) is 0.263. The number of nitrogens with one attached hydrogen (secondary N) is 1. The lowest BCUT2D eigenvalue weighted by molar-refractivity contribution is -0.147. The van der Waals surface area contributed by atoms with Crippen molar-refractivity contribution in [2.75, 3.05) is 0 Å². The molecule has 0 aliphatic heterocycles. The van der Waals surface area contributed by atoms with Gasteiger partial charge in [-0.25, -0.2) is 8.78 Å². The first kappa shape index (κ1) is 19.8. The summed E-state index contributed by atoms with van der Waals surface area (Å²) in [4.78, 5) is 24.4. The SMILES string of the molecule is CC(C)OC(=O)CC(NC(=O)c1cc(F)ccc1F)c1ccccc1Cl. The molecule has 0 saturated heterocycles. The molecule has 0 radical (unpaired) electrons. The number of ether oxygens (including phenoxy) is 1. The smallest absolute Gasteiger partial charge is 0.308 e. The molecule has 26 heavy (non-hydrogen) atoms. The van der Waals surface area contributed by atoms with Gasteiger partial charge >= 0.3 is 5.97 Å². The second-order valence-electron chi connectivity index (χ2n) is 5.91. The summed E-state index contributed by atoms with van der Waals surface area (Å²) in [5.74, 6) is -3.02. The van der Waals surface area contributed by atoms with Gasteiger partial charge in [0.2, 0.25) is 0 Å². The molecule has 0 heterocycles. The molecule has 4 nitrogen and oxygen atoms in total. The fourth-order valence-electron chi connectivity index (χ4n) is 2.38. The highest BCUT2D eigenvalue weighted by Gasteiger charge is 2.24. The molecule has 2 aromatic rings. The summed E-state index contributed by atoms with van der Waals surface area (Å²) >= 11 is 6.16. The van der Waals surface area contributed by atoms with Gasteiger partial charge in [0.1, 0.15) is 11.6 Å². The molecular weight excluding hydrogens is 364 g/mol. The van der Waals surface area contributed by atoms with Crippen LogP contribution in [0.15, 0.2) is 42.5 Å². The number of amides is 1. The van der Waals surface area contributed by atoms with Gasteiger partial charge in [0.15, 0.2) is 0 Å². The van der Waals surface area contributed by atoms with Crippen molar-refractivity contribution in [1.82, 2.24) is 5.32 Å². The Morgan fingerprint density at radius 1 is 1.15 bits per heavy atom. The average molecular weight is 382 g/mol. The van der Waals surface area contributed by atoms with Crippen molar-refractivity contribution < 1.29 is 23.1 Å². The van der Waals surface area contributed by atoms with Gasteiger partial charge in [0, 0.05) is 5.02 Å². The van der Waals surface area contributed by atoms with Crippen LogP contribution >= 0.6 is 11.6 Å². The molecule has 2 aromatic carbocycles. The molecule has 7 heteroatoms. The molecule has 0 fully saturated rings. The second kappa shape index (κ2) is 8.76. The number of carbonyl (C=O) groups excluding carboxylic acids is 2. The molecule has 0 aliphatic carbocycles. The van der Waals surface area contributed by atoms with E-state index in [-0.39, 0.29) is 12.5 Å². The zero-order valence-corrected chi connectivity index (χ0v) is 15.0. The second-order valence-corrected chi connectivity index (χ2v) is 6.32. The van der Waals surface area contributed by atoms with Crippen LogP contribution in [0.5, 0.6) is 0 Å². The minimum Gasteiger partial charge on any atom is -0.463 e. The standard InChI is InChI=1S/C19H18ClF2NO3/c1-11(2)26-18(24)10-17(13-5-3-4-6-15(13)20)23-19(25)14-9-12(21)7-8-16(14)22/h3-9,11,17H,10H2,1-2H3,(H,23,25). The highest BCUT2D eigenvalue weighted by Crippen LogP contribution is 2.26. The topological polar surface area (TPSA) is 55.4 Å². The summed E-state index contributed by atoms with van der Waals surface area (Å²) in [6.07, 6.45) is -0.532. The zero-order chi connectivity index (χ0) is 19.3. The largest absolute Gasteiger partial charge is 0.463 e. The number of hydrogen-bond acceptors (Lipinski definition) is 3. The van der Waals surface area contributed by atoms with E-state index in [1.54, 1.807) is 38.1 Å². The third-order valence-electron chi connectivity index (χ3n) is 3.50. The molecule has 1 unspecified atom stereocenters. The van der Waals surface area contributed by atoms with Crippen molar-refractivity contribution in [2.24, 2.45) is 0 Å². The lowest BCUT2D eigenvalue weighted by atomic mass is 10.0. The first-order valence-corrected chi connectivity index (χ1v) is 8.35. The molecule has 0 bridgehead atoms. The van der Waals surface area contributed by atoms with Crippen molar-refractivity contribution >= 4 is 23.5 Å². The molecule has 0 aliphatic rings. The Balaban J connectivity index is 2.29. The van der Waals surface area contributed by atoms with Crippen LogP contribution in [0.2, 0.25) is 5.02 Å². The molecule has 0 saturated carbocycles. The number of benzene rings is 2. The van der Waals surface area contributed by atoms with Gasteiger partial charge in [0.05, 0.1) is 24.1 Å². The summed E-state index contributed by atoms with van der Waals surface area (Å²) in [7, 11) is 0. The third kappa shape index (κ3) is 5.26. The molecule has 1 atom stereocenters. The summed E-state index contributed by atoms with van der Waals surface area (Å²) < 4.78 is 32.3. The normalized spacial score (nSPS) is 11.9. The Morgan fingerprint density at radius 3 is 2.50 bits per heavy atom. The van der Waals surface area contributed by atoms with Crippen molar-refractivity contribution in [3.05, 3.63) is 70.2 Å². The highest BCUT2D eigenvalue weighted by molar-refractivity contribution is 6.31. The van der Waals surface area contributed by atoms with Crippen LogP contribution in [0.3, 0.4) is 0 Å². The van der Waals surface area contributed by atoms with E-state index in [2.05, 4.69) is 5.32 Å². The Labute approximate surface area is 155 Å². The molecule has 2 rings (SSSR count). The van der Waals surface area contributed by atoms with E-state index >= 15 is 0 Å². The van der Waals surface area contributed by atoms with E-state index in [0.29, 0.717) is 10.6 Å². The van der Waals surface area contributed by atoms with Crippen LogP contribution < -0.4 is 5.32 Å². The number of hydrogen-bond donors (Lipinski definition) is 1. The highest BCUT2D eigenvalue weighted by atomic mass is 35.5. The van der Waals surface area contributed by atoms with Crippen molar-refractivity contribution in [1.29, 1.82) is 0 Å². The Morgan fingerprint density at radius 2 is 1.85 bits per heavy atom. The summed E-state index contributed by atoms with van der Waals surface area (Å²) in [6, 6.07) is 8.34. The van der Waals surface area contributed by atoms with Crippen LogP contribution in [0.4, 0.5) is 8.78 Å². The maximum absolute atomic E-state index is 13.8. The summed E-state index contributed by atoms with van der Waals surface area (Å²) in [5, 5.41) is 2.86. The van der Waals surface area contributed by atoms with Crippen LogP contribution in [0.1, 0.15) is 42.2 Å². The maximum Gasteiger partial charge on any atom is 0.308 e. The number of rotatable bonds is 6. The number of halogens is 3. The van der Waals surface area contributed by atoms with E-state index in [1.165, 1.54) is 0 Å². The van der Waals surface area contributed by atoms with Crippen LogP contribution in [0, 0.1) is 11.6 Å². The van der Waals surface area contributed by atoms with Crippen LogP contribution in [-0.2, 0) is 9.53 Å². The van der Waals surface area contributed by atoms with E-state index < -0.39 is 35.1 Å². The number of esters is 1. The third-order valence-corrected chi connectivity index (χ3v) is 3.84. The lowest BCUT2D eigenvalue weighted by Gasteiger charge is -2.20. The predicted molar refractivity (Wildman–Crippen MR) is 93.9 cm³/mol. The van der Waals surface area contributed by atoms with E-state index in [1.807, 2.05) is 0 Å². The van der Waals surface area contributed by atoms with Crippen molar-refractivity contribution in [3.8, 4) is 0 Å². The fourth-order valence-corrected chi connectivity index (χ4v) is 2.65. The van der Waals surface area contributed by atoms with Gasteiger partial charge in [-0.3, -0.25) is 9.59 Å². The minimum atomic E-state index is -0.869. The number of carbonyl (C=O) groups is 2. The van der Waals surface area contributed by atoms with Crippen molar-refractivity contribution in [2.45, 2.75) is 32.4 Å². The van der Waals surface area contributed by atoms with Gasteiger partial charge in [-0.15, -0.1) is 0 Å². The minimum absolute atomic E-state index is 0.204. The molecule has 0 aromatic heterocycles. The Hall–Kier alpha value is -2.47. The van der Waals surface area contributed by atoms with Gasteiger partial charge in [-0.05, 0) is 43.7 Å². The van der Waals surface area contributed by atoms with Gasteiger partial charge < -0.3 is 10.1 Å². The summed E-state index contributed by atoms with van der Waals surface area (Å²) in [5.41, 5.74) is 0.0133. The van der Waals surface area contributed by atoms with Gasteiger partial charge in [-0.2, -0.15) is 0 Å². The first-order chi connectivity index (χ1) is 12.3. The Kier molecular flexibility index (Phi) is 6.69. The van der Waals surface area contributed by atoms with Gasteiger partial charge in [0.25, 0.3) is 5.91 Å². The molecular formula is C19H18ClF2NO3. The quantitative estimate of drug-likeness (QED) is 0.753. The summed E-state index contributed by atoms with van der Waals surface area (Å²) in [6.45, 7) is 3.40. The van der Waals surface area contributed by atoms with E-state index in [4.69, 9.17) is 16.3 Å². The average Bonchev–Trinajstić information content (AvgIpc) is 2.56. The Bertz CT molecular complexity index is 811. The molecule has 1 amide bonds. The van der Waals surface area contributed by atoms with Crippen molar-refractivity contribution in [3.63, 3.8) is 0 Å². The zero-order valence-electron chi connectivity index (χ0n) is 14.3. The maximum atomic E-state index is 13.8. The van der Waals surface area contributed by atoms with E-state index in [0.717, 1.165) is 18.2 Å².